The van der Waals surface area contributed by atoms with Gasteiger partial charge in [-0.15, -0.1) is 0 Å². The topological polar surface area (TPSA) is 18.5 Å². The van der Waals surface area contributed by atoms with Crippen LogP contribution in [0, 0.1) is 62.7 Å². The van der Waals surface area contributed by atoms with Gasteiger partial charge in [-0.3, -0.25) is 0 Å². The average Bonchev–Trinajstić information content (AvgIpc) is 3.83. The predicted molar refractivity (Wildman–Crippen MR) is 167 cm³/mol. The van der Waals surface area contributed by atoms with E-state index in [0.29, 0.717) is 0 Å². The predicted octanol–water partition coefficient (Wildman–Crippen LogP) is 8.67. The zero-order chi connectivity index (χ0) is 27.0. The first kappa shape index (κ1) is 30.6. The Balaban J connectivity index is 0.000000164. The molecule has 0 unspecified atom stereocenters. The quantitative estimate of drug-likeness (QED) is 0.160. The van der Waals surface area contributed by atoms with Gasteiger partial charge in [-0.2, -0.15) is 0 Å². The van der Waals surface area contributed by atoms with Gasteiger partial charge in [0.1, 0.15) is 12.2 Å². The molecule has 0 N–H and O–H groups in total. The van der Waals surface area contributed by atoms with Gasteiger partial charge in [-0.1, -0.05) is 121 Å². The van der Waals surface area contributed by atoms with E-state index in [9.17, 15) is 0 Å². The normalized spacial score (nSPS) is 21.4. The van der Waals surface area contributed by atoms with Crippen molar-refractivity contribution in [3.63, 3.8) is 0 Å². The molecule has 41 heavy (non-hydrogen) atoms. The maximum absolute atomic E-state index is 6.30. The summed E-state index contributed by atoms with van der Waals surface area (Å²) < 4.78 is 12.6. The molecule has 10 radical (unpaired) electrons. The third-order valence-corrected chi connectivity index (χ3v) is 10.7. The van der Waals surface area contributed by atoms with Crippen LogP contribution in [0.4, 0.5) is 0 Å². The second-order valence-electron chi connectivity index (χ2n) is 9.42. The first-order valence-electron chi connectivity index (χ1n) is 13.4. The molecular formula is C36H30FeO2P2+2. The van der Waals surface area contributed by atoms with Gasteiger partial charge in [-0.25, -0.2) is 0 Å². The van der Waals surface area contributed by atoms with Crippen LogP contribution in [0.15, 0.2) is 121 Å². The fraction of sp³-hybridized carbons (Fsp3) is 0.0556. The van der Waals surface area contributed by atoms with E-state index in [2.05, 4.69) is 123 Å². The maximum Gasteiger partial charge on any atom is 2.00 e. The fourth-order valence-electron chi connectivity index (χ4n) is 4.82. The largest absolute Gasteiger partial charge is 2.00 e. The van der Waals surface area contributed by atoms with E-state index < -0.39 is 16.3 Å². The van der Waals surface area contributed by atoms with Crippen molar-refractivity contribution in [2.75, 3.05) is 0 Å². The number of rotatable bonds is 6. The van der Waals surface area contributed by atoms with Gasteiger partial charge < -0.3 is 9.05 Å². The molecule has 2 aliphatic carbocycles. The summed E-state index contributed by atoms with van der Waals surface area (Å²) in [6, 6.07) is 42.2. The molecule has 1 saturated heterocycles. The minimum absolute atomic E-state index is 0. The van der Waals surface area contributed by atoms with Gasteiger partial charge >= 0.3 is 17.1 Å². The molecule has 3 aliphatic rings. The van der Waals surface area contributed by atoms with Crippen molar-refractivity contribution in [3.8, 4) is 0 Å². The van der Waals surface area contributed by atoms with Gasteiger partial charge in [0.05, 0.1) is 5.66 Å². The molecule has 3 fully saturated rings. The van der Waals surface area contributed by atoms with Gasteiger partial charge in [0, 0.05) is 5.66 Å². The van der Waals surface area contributed by atoms with Crippen LogP contribution in [0.1, 0.15) is 23.3 Å². The van der Waals surface area contributed by atoms with E-state index in [1.165, 1.54) is 16.3 Å². The Kier molecular flexibility index (Phi) is 11.6. The molecule has 7 rings (SSSR count). The van der Waals surface area contributed by atoms with Gasteiger partial charge in [0.25, 0.3) is 0 Å². The number of benzene rings is 4. The molecule has 1 aliphatic heterocycles. The van der Waals surface area contributed by atoms with Crippen LogP contribution in [-0.2, 0) is 26.1 Å². The summed E-state index contributed by atoms with van der Waals surface area (Å²) in [6.07, 6.45) is 16.8. The van der Waals surface area contributed by atoms with E-state index >= 15 is 0 Å². The van der Waals surface area contributed by atoms with E-state index in [4.69, 9.17) is 9.05 Å². The van der Waals surface area contributed by atoms with Crippen molar-refractivity contribution in [2.45, 2.75) is 12.2 Å². The zero-order valence-corrected chi connectivity index (χ0v) is 25.3. The smallest absolute Gasteiger partial charge is 0.322 e. The van der Waals surface area contributed by atoms with Crippen molar-refractivity contribution in [2.24, 2.45) is 0 Å². The van der Waals surface area contributed by atoms with E-state index in [1.54, 1.807) is 0 Å². The van der Waals surface area contributed by atoms with Crippen LogP contribution in [0.5, 0.6) is 0 Å². The molecule has 0 aromatic heterocycles. The summed E-state index contributed by atoms with van der Waals surface area (Å²) in [5.74, 6) is 0. The Morgan fingerprint density at radius 1 is 0.463 bits per heavy atom. The zero-order valence-electron chi connectivity index (χ0n) is 22.4. The first-order chi connectivity index (χ1) is 19.9. The molecule has 4 aromatic rings. The Hall–Kier alpha value is -1.82. The summed E-state index contributed by atoms with van der Waals surface area (Å²) in [5, 5.41) is 2.81. The van der Waals surface area contributed by atoms with Crippen LogP contribution in [-0.4, -0.2) is 0 Å². The van der Waals surface area contributed by atoms with Crippen LogP contribution in [0.25, 0.3) is 0 Å². The van der Waals surface area contributed by atoms with Gasteiger partial charge in [-0.05, 0) is 81.0 Å². The second-order valence-corrected chi connectivity index (χ2v) is 13.1. The third-order valence-electron chi connectivity index (χ3n) is 6.74. The van der Waals surface area contributed by atoms with Crippen LogP contribution < -0.4 is 10.6 Å². The molecule has 2 saturated carbocycles. The van der Waals surface area contributed by atoms with Crippen LogP contribution >= 0.6 is 16.3 Å². The SMILES string of the molecule is [CH]1[CH][CH][C](P(c2ccccc2)c2ccccc2)[CH]1.[CH]1[CH][CH][C](P2O[C@@H](c3ccccc3)[C@H](c3ccccc3)O2)[CH]1.[Fe+2]. The number of hydrogen-bond acceptors (Lipinski definition) is 2. The van der Waals surface area contributed by atoms with Crippen molar-refractivity contribution in [3.05, 3.63) is 195 Å². The van der Waals surface area contributed by atoms with Crippen molar-refractivity contribution in [1.29, 1.82) is 0 Å². The molecule has 5 heteroatoms. The Morgan fingerprint density at radius 3 is 1.24 bits per heavy atom. The summed E-state index contributed by atoms with van der Waals surface area (Å²) in [7, 11) is -1.44. The summed E-state index contributed by atoms with van der Waals surface area (Å²) in [6.45, 7) is 0. The Bertz CT molecular complexity index is 1190. The first-order valence-corrected chi connectivity index (χ1v) is 16.0. The minimum atomic E-state index is -1.03. The molecule has 2 nitrogen and oxygen atoms in total. The maximum atomic E-state index is 6.30. The summed E-state index contributed by atoms with van der Waals surface area (Å²) in [5.41, 5.74) is 4.87. The van der Waals surface area contributed by atoms with Crippen molar-refractivity contribution >= 4 is 26.9 Å². The van der Waals surface area contributed by atoms with Gasteiger partial charge in [0.2, 0.25) is 0 Å². The molecule has 1 heterocycles. The Labute approximate surface area is 259 Å². The molecule has 0 bridgehead atoms. The van der Waals surface area contributed by atoms with E-state index in [1.807, 2.05) is 49.2 Å². The minimum Gasteiger partial charge on any atom is -0.322 e. The van der Waals surface area contributed by atoms with Crippen LogP contribution in [0.3, 0.4) is 0 Å². The molecule has 2 atom stereocenters. The molecular weight excluding hydrogens is 582 g/mol. The van der Waals surface area contributed by atoms with Crippen molar-refractivity contribution in [1.82, 2.24) is 0 Å². The number of hydrogen-bond donors (Lipinski definition) is 0. The van der Waals surface area contributed by atoms with Crippen molar-refractivity contribution < 1.29 is 26.1 Å². The molecule has 0 amide bonds. The molecule has 4 aromatic carbocycles. The van der Waals surface area contributed by atoms with Gasteiger partial charge in [0.15, 0.2) is 8.38 Å². The molecule has 0 spiro atoms. The molecule has 202 valence electrons. The van der Waals surface area contributed by atoms with E-state index in [0.717, 1.165) is 16.8 Å². The standard InChI is InChI=1S/C19H16O2P.C17H14P.Fe/c1-3-9-15(10-4-1)18-19(16-11-5-2-6-12-16)21-22(20-18)17-13-7-8-14-17;1-3-9-15(10-4-1)18(17-13-7-8-14-17)16-11-5-2-6-12-16;/h1-14,18-19H;1-14H;/q;;+2/t18-,19-;;/m0../s1. The summed E-state index contributed by atoms with van der Waals surface area (Å²) in [4.78, 5) is 0. The fourth-order valence-corrected chi connectivity index (χ4v) is 8.71. The third kappa shape index (κ3) is 7.77. The Morgan fingerprint density at radius 2 is 0.829 bits per heavy atom. The summed E-state index contributed by atoms with van der Waals surface area (Å²) >= 11 is 0. The second kappa shape index (κ2) is 15.6. The monoisotopic (exact) mass is 612 g/mol. The average molecular weight is 612 g/mol. The van der Waals surface area contributed by atoms with E-state index in [-0.39, 0.29) is 29.3 Å². The van der Waals surface area contributed by atoms with Crippen LogP contribution in [0.2, 0.25) is 0 Å².